The smallest absolute Gasteiger partial charge is 0.308 e. The number of hydrogen-bond donors (Lipinski definition) is 3. The maximum Gasteiger partial charge on any atom is 0.326 e. The summed E-state index contributed by atoms with van der Waals surface area (Å²) in [7, 11) is 0. The molecule has 3 N–H and O–H groups in total. The van der Waals surface area contributed by atoms with E-state index in [9.17, 15) is 4.79 Å². The number of nitrogens with zero attached hydrogens (tertiary/aromatic N) is 3. The van der Waals surface area contributed by atoms with Crippen molar-refractivity contribution in [1.29, 1.82) is 0 Å². The lowest BCUT2D eigenvalue weighted by Gasteiger charge is -2.09. The van der Waals surface area contributed by atoms with Crippen molar-refractivity contribution in [2.24, 2.45) is 15.3 Å². The minimum absolute atomic E-state index is 0.145. The Morgan fingerprint density at radius 1 is 0.955 bits per heavy atom. The van der Waals surface area contributed by atoms with E-state index >= 15 is 0 Å². The van der Waals surface area contributed by atoms with Crippen LogP contribution < -0.4 is 16.1 Å². The molecule has 0 atom stereocenters. The number of amides is 2. The molecule has 0 saturated heterocycles. The second kappa shape index (κ2) is 8.56. The number of anilines is 1. The summed E-state index contributed by atoms with van der Waals surface area (Å²) >= 11 is 0. The van der Waals surface area contributed by atoms with E-state index in [1.54, 1.807) is 0 Å². The summed E-state index contributed by atoms with van der Waals surface area (Å²) in [6.45, 7) is 9.25. The fourth-order valence-corrected chi connectivity index (χ4v) is 1.30. The van der Waals surface area contributed by atoms with Crippen molar-refractivity contribution in [3.05, 3.63) is 29.8 Å². The Morgan fingerprint density at radius 3 is 2.14 bits per heavy atom. The van der Waals surface area contributed by atoms with Crippen LogP contribution in [0.3, 0.4) is 0 Å². The summed E-state index contributed by atoms with van der Waals surface area (Å²) in [5.41, 5.74) is 6.03. The van der Waals surface area contributed by atoms with E-state index in [0.717, 1.165) is 17.0 Å². The van der Waals surface area contributed by atoms with Gasteiger partial charge in [0, 0.05) is 17.1 Å². The molecule has 0 fully saturated rings. The van der Waals surface area contributed by atoms with Gasteiger partial charge in [-0.25, -0.2) is 10.2 Å². The number of aryl methyl sites for hydroxylation is 1. The van der Waals surface area contributed by atoms with Crippen molar-refractivity contribution >= 4 is 29.1 Å². The SMILES string of the molecule is CC(C)=NN=C(NN=C(C)C)NC(=O)Nc1ccc(C)cc1. The lowest BCUT2D eigenvalue weighted by Crippen LogP contribution is -2.41. The van der Waals surface area contributed by atoms with Gasteiger partial charge in [-0.3, -0.25) is 5.32 Å². The Bertz CT molecular complexity index is 593. The molecule has 2 amide bonds. The quantitative estimate of drug-likeness (QED) is 0.455. The molecule has 7 heteroatoms. The molecule has 0 aliphatic carbocycles. The van der Waals surface area contributed by atoms with Crippen LogP contribution in [0.4, 0.5) is 10.5 Å². The standard InChI is InChI=1S/C15H22N6O/c1-10(2)18-20-14(21-19-11(3)4)17-15(22)16-13-8-6-12(5)7-9-13/h6-9H,1-5H3,(H3,16,17,20,21,22). The Morgan fingerprint density at radius 2 is 1.59 bits per heavy atom. The number of nitrogens with one attached hydrogen (secondary N) is 3. The Kier molecular flexibility index (Phi) is 6.75. The van der Waals surface area contributed by atoms with Crippen LogP contribution in [-0.4, -0.2) is 23.4 Å². The van der Waals surface area contributed by atoms with Gasteiger partial charge < -0.3 is 5.32 Å². The monoisotopic (exact) mass is 302 g/mol. The van der Waals surface area contributed by atoms with Gasteiger partial charge in [0.1, 0.15) is 0 Å². The van der Waals surface area contributed by atoms with Crippen LogP contribution in [0.1, 0.15) is 33.3 Å². The summed E-state index contributed by atoms with van der Waals surface area (Å²) < 4.78 is 0. The maximum atomic E-state index is 12.0. The van der Waals surface area contributed by atoms with Crippen molar-refractivity contribution in [3.8, 4) is 0 Å². The molecular weight excluding hydrogens is 280 g/mol. The van der Waals surface area contributed by atoms with E-state index in [1.807, 2.05) is 58.9 Å². The number of carbonyl (C=O) groups excluding carboxylic acids is 1. The Labute approximate surface area is 130 Å². The van der Waals surface area contributed by atoms with E-state index in [-0.39, 0.29) is 5.96 Å². The van der Waals surface area contributed by atoms with Gasteiger partial charge >= 0.3 is 6.03 Å². The predicted octanol–water partition coefficient (Wildman–Crippen LogP) is 2.85. The predicted molar refractivity (Wildman–Crippen MR) is 91.5 cm³/mol. The lowest BCUT2D eigenvalue weighted by atomic mass is 10.2. The summed E-state index contributed by atoms with van der Waals surface area (Å²) in [4.78, 5) is 12.0. The molecule has 0 aliphatic heterocycles. The second-order valence-electron chi connectivity index (χ2n) is 5.11. The number of urea groups is 1. The van der Waals surface area contributed by atoms with Crippen molar-refractivity contribution < 1.29 is 4.79 Å². The third-order valence-electron chi connectivity index (χ3n) is 2.28. The molecule has 0 bridgehead atoms. The summed E-state index contributed by atoms with van der Waals surface area (Å²) in [6, 6.07) is 7.04. The van der Waals surface area contributed by atoms with Crippen LogP contribution in [0.5, 0.6) is 0 Å². The molecule has 0 spiro atoms. The largest absolute Gasteiger partial charge is 0.326 e. The number of carbonyl (C=O) groups is 1. The minimum atomic E-state index is -0.428. The highest BCUT2D eigenvalue weighted by Gasteiger charge is 2.06. The topological polar surface area (TPSA) is 90.2 Å². The lowest BCUT2D eigenvalue weighted by molar-refractivity contribution is 0.256. The average molecular weight is 302 g/mol. The first-order chi connectivity index (χ1) is 10.4. The molecule has 0 unspecified atom stereocenters. The zero-order chi connectivity index (χ0) is 16.5. The highest BCUT2D eigenvalue weighted by Crippen LogP contribution is 2.07. The first kappa shape index (κ1) is 17.4. The normalized spacial score (nSPS) is 10.5. The molecule has 118 valence electrons. The average Bonchev–Trinajstić information content (AvgIpc) is 2.44. The number of rotatable bonds is 3. The molecule has 0 heterocycles. The van der Waals surface area contributed by atoms with Crippen LogP contribution >= 0.6 is 0 Å². The molecule has 22 heavy (non-hydrogen) atoms. The summed E-state index contributed by atoms with van der Waals surface area (Å²) in [5, 5.41) is 17.1. The van der Waals surface area contributed by atoms with Gasteiger partial charge in [-0.15, -0.1) is 5.10 Å². The van der Waals surface area contributed by atoms with E-state index in [4.69, 9.17) is 0 Å². The van der Waals surface area contributed by atoms with Gasteiger partial charge in [-0.2, -0.15) is 10.2 Å². The number of hydrazone groups is 1. The molecule has 0 aromatic heterocycles. The van der Waals surface area contributed by atoms with Crippen molar-refractivity contribution in [1.82, 2.24) is 10.7 Å². The van der Waals surface area contributed by atoms with E-state index < -0.39 is 6.03 Å². The van der Waals surface area contributed by atoms with Crippen LogP contribution in [0.15, 0.2) is 39.6 Å². The van der Waals surface area contributed by atoms with Crippen LogP contribution in [0, 0.1) is 6.92 Å². The van der Waals surface area contributed by atoms with Gasteiger partial charge in [0.05, 0.1) is 0 Å². The molecule has 1 aromatic rings. The van der Waals surface area contributed by atoms with Crippen molar-refractivity contribution in [2.45, 2.75) is 34.6 Å². The highest BCUT2D eigenvalue weighted by molar-refractivity contribution is 6.02. The van der Waals surface area contributed by atoms with Crippen LogP contribution in [0.25, 0.3) is 0 Å². The summed E-state index contributed by atoms with van der Waals surface area (Å²) in [6.07, 6.45) is 0. The van der Waals surface area contributed by atoms with Gasteiger partial charge in [0.25, 0.3) is 0 Å². The number of guanidine groups is 1. The molecule has 7 nitrogen and oxygen atoms in total. The van der Waals surface area contributed by atoms with Crippen LogP contribution in [0.2, 0.25) is 0 Å². The Hall–Kier alpha value is -2.70. The zero-order valence-corrected chi connectivity index (χ0v) is 13.6. The van der Waals surface area contributed by atoms with Gasteiger partial charge in [0.15, 0.2) is 0 Å². The molecule has 0 aliphatic rings. The van der Waals surface area contributed by atoms with Gasteiger partial charge in [-0.05, 0) is 46.8 Å². The molecular formula is C15H22N6O. The van der Waals surface area contributed by atoms with Gasteiger partial charge in [-0.1, -0.05) is 17.7 Å². The van der Waals surface area contributed by atoms with E-state index in [2.05, 4.69) is 31.4 Å². The highest BCUT2D eigenvalue weighted by atomic mass is 16.2. The minimum Gasteiger partial charge on any atom is -0.308 e. The molecule has 0 radical (unpaired) electrons. The maximum absolute atomic E-state index is 12.0. The van der Waals surface area contributed by atoms with Crippen LogP contribution in [-0.2, 0) is 0 Å². The molecule has 1 rings (SSSR count). The van der Waals surface area contributed by atoms with E-state index in [0.29, 0.717) is 5.69 Å². The third kappa shape index (κ3) is 7.18. The fourth-order valence-electron chi connectivity index (χ4n) is 1.30. The second-order valence-corrected chi connectivity index (χ2v) is 5.11. The first-order valence-corrected chi connectivity index (χ1v) is 6.87. The third-order valence-corrected chi connectivity index (χ3v) is 2.28. The first-order valence-electron chi connectivity index (χ1n) is 6.87. The van der Waals surface area contributed by atoms with Crippen molar-refractivity contribution in [3.63, 3.8) is 0 Å². The summed E-state index contributed by atoms with van der Waals surface area (Å²) in [5.74, 6) is 0.145. The molecule has 0 saturated carbocycles. The number of hydrogen-bond acceptors (Lipinski definition) is 4. The number of benzene rings is 1. The molecule has 1 aromatic carbocycles. The van der Waals surface area contributed by atoms with Crippen molar-refractivity contribution in [2.75, 3.05) is 5.32 Å². The van der Waals surface area contributed by atoms with E-state index in [1.165, 1.54) is 0 Å². The fraction of sp³-hybridized carbons (Fsp3) is 0.333. The zero-order valence-electron chi connectivity index (χ0n) is 13.6. The Balaban J connectivity index is 2.73. The van der Waals surface area contributed by atoms with Gasteiger partial charge in [0.2, 0.25) is 5.96 Å².